The molecule has 2 aromatic carbocycles. The zero-order chi connectivity index (χ0) is 17.2. The minimum absolute atomic E-state index is 0.0489. The molecule has 4 nitrogen and oxygen atoms in total. The van der Waals surface area contributed by atoms with Crippen molar-refractivity contribution >= 4 is 11.6 Å². The summed E-state index contributed by atoms with van der Waals surface area (Å²) in [5.41, 5.74) is 3.34. The number of hydrogen-bond donors (Lipinski definition) is 2. The van der Waals surface area contributed by atoms with Crippen LogP contribution in [0.4, 0.5) is 5.69 Å². The van der Waals surface area contributed by atoms with Crippen molar-refractivity contribution in [1.82, 2.24) is 5.32 Å². The van der Waals surface area contributed by atoms with Gasteiger partial charge in [-0.15, -0.1) is 0 Å². The fourth-order valence-corrected chi connectivity index (χ4v) is 2.52. The van der Waals surface area contributed by atoms with Crippen molar-refractivity contribution in [3.05, 3.63) is 59.7 Å². The number of anilines is 1. The van der Waals surface area contributed by atoms with Crippen LogP contribution in [0.2, 0.25) is 0 Å². The number of rotatable bonds is 9. The molecule has 2 aromatic rings. The molecule has 0 unspecified atom stereocenters. The number of nitrogens with one attached hydrogen (secondary N) is 2. The van der Waals surface area contributed by atoms with Gasteiger partial charge in [0.25, 0.3) is 0 Å². The molecule has 0 aliphatic carbocycles. The van der Waals surface area contributed by atoms with Gasteiger partial charge in [-0.1, -0.05) is 37.3 Å². The summed E-state index contributed by atoms with van der Waals surface area (Å²) in [6.07, 6.45) is 2.32. The molecule has 2 rings (SSSR count). The molecule has 0 radical (unpaired) electrons. The summed E-state index contributed by atoms with van der Waals surface area (Å²) in [5.74, 6) is 0.920. The highest BCUT2D eigenvalue weighted by Crippen LogP contribution is 2.15. The Morgan fingerprint density at radius 3 is 2.50 bits per heavy atom. The first kappa shape index (κ1) is 18.0. The van der Waals surface area contributed by atoms with E-state index in [1.807, 2.05) is 36.4 Å². The van der Waals surface area contributed by atoms with Crippen molar-refractivity contribution in [3.8, 4) is 5.75 Å². The number of methoxy groups -OCH3 is 1. The molecule has 0 saturated heterocycles. The van der Waals surface area contributed by atoms with Crippen molar-refractivity contribution in [1.29, 1.82) is 0 Å². The fourth-order valence-electron chi connectivity index (χ4n) is 2.52. The molecule has 128 valence electrons. The quantitative estimate of drug-likeness (QED) is 0.694. The number of carbonyl (C=O) groups is 1. The summed E-state index contributed by atoms with van der Waals surface area (Å²) in [6, 6.07) is 16.0. The molecule has 2 N–H and O–H groups in total. The molecule has 0 spiro atoms. The average molecular weight is 326 g/mol. The molecule has 0 aromatic heterocycles. The number of carbonyl (C=O) groups excluding carboxylic acids is 1. The van der Waals surface area contributed by atoms with Gasteiger partial charge in [0.05, 0.1) is 7.11 Å². The van der Waals surface area contributed by atoms with E-state index in [4.69, 9.17) is 4.74 Å². The smallest absolute Gasteiger partial charge is 0.225 e. The van der Waals surface area contributed by atoms with Gasteiger partial charge in [0, 0.05) is 18.7 Å². The molecule has 0 aliphatic heterocycles. The average Bonchev–Trinajstić information content (AvgIpc) is 2.62. The first-order valence-electron chi connectivity index (χ1n) is 8.44. The summed E-state index contributed by atoms with van der Waals surface area (Å²) < 4.78 is 5.14. The van der Waals surface area contributed by atoms with Crippen LogP contribution in [0.25, 0.3) is 0 Å². The Labute approximate surface area is 144 Å². The van der Waals surface area contributed by atoms with Crippen LogP contribution in [-0.4, -0.2) is 26.1 Å². The van der Waals surface area contributed by atoms with Gasteiger partial charge in [-0.25, -0.2) is 0 Å². The van der Waals surface area contributed by atoms with E-state index >= 15 is 0 Å². The lowest BCUT2D eigenvalue weighted by Gasteiger charge is -2.10. The molecule has 0 aliphatic rings. The third-order valence-electron chi connectivity index (χ3n) is 3.95. The van der Waals surface area contributed by atoms with Crippen LogP contribution in [0, 0.1) is 0 Å². The highest BCUT2D eigenvalue weighted by atomic mass is 16.5. The lowest BCUT2D eigenvalue weighted by atomic mass is 10.1. The van der Waals surface area contributed by atoms with Gasteiger partial charge in [0.15, 0.2) is 0 Å². The van der Waals surface area contributed by atoms with E-state index < -0.39 is 0 Å². The van der Waals surface area contributed by atoms with Gasteiger partial charge in [-0.05, 0) is 48.7 Å². The van der Waals surface area contributed by atoms with Gasteiger partial charge in [0.1, 0.15) is 5.75 Å². The van der Waals surface area contributed by atoms with E-state index in [0.717, 1.165) is 30.8 Å². The Morgan fingerprint density at radius 1 is 1.04 bits per heavy atom. The van der Waals surface area contributed by atoms with Crippen LogP contribution in [0.1, 0.15) is 24.5 Å². The van der Waals surface area contributed by atoms with Crippen LogP contribution in [0.3, 0.4) is 0 Å². The van der Waals surface area contributed by atoms with E-state index in [1.54, 1.807) is 7.11 Å². The number of hydrogen-bond acceptors (Lipinski definition) is 3. The SMILES string of the molecule is CCc1ccccc1NC(=O)CCNCCc1ccc(OC)cc1. The van der Waals surface area contributed by atoms with Crippen LogP contribution in [0.5, 0.6) is 5.75 Å². The molecular weight excluding hydrogens is 300 g/mol. The maximum absolute atomic E-state index is 12.0. The number of ether oxygens (including phenoxy) is 1. The van der Waals surface area contributed by atoms with E-state index in [2.05, 4.69) is 29.7 Å². The summed E-state index contributed by atoms with van der Waals surface area (Å²) in [4.78, 5) is 12.0. The second-order valence-electron chi connectivity index (χ2n) is 5.66. The predicted octanol–water partition coefficient (Wildman–Crippen LogP) is 3.42. The summed E-state index contributed by atoms with van der Waals surface area (Å²) in [7, 11) is 1.67. The molecule has 4 heteroatoms. The Kier molecular flexibility index (Phi) is 7.30. The first-order valence-corrected chi connectivity index (χ1v) is 8.44. The van der Waals surface area contributed by atoms with Crippen molar-refractivity contribution in [2.75, 3.05) is 25.5 Å². The van der Waals surface area contributed by atoms with Gasteiger partial charge < -0.3 is 15.4 Å². The summed E-state index contributed by atoms with van der Waals surface area (Å²) in [6.45, 7) is 3.62. The first-order chi connectivity index (χ1) is 11.7. The number of aryl methyl sites for hydroxylation is 1. The molecule has 0 bridgehead atoms. The topological polar surface area (TPSA) is 50.4 Å². The molecule has 0 atom stereocenters. The zero-order valence-corrected chi connectivity index (χ0v) is 14.5. The lowest BCUT2D eigenvalue weighted by molar-refractivity contribution is -0.116. The number of para-hydroxylation sites is 1. The second-order valence-corrected chi connectivity index (χ2v) is 5.66. The van der Waals surface area contributed by atoms with Crippen molar-refractivity contribution in [2.24, 2.45) is 0 Å². The largest absolute Gasteiger partial charge is 0.497 e. The van der Waals surface area contributed by atoms with E-state index in [-0.39, 0.29) is 5.91 Å². The number of benzene rings is 2. The standard InChI is InChI=1S/C20H26N2O2/c1-3-17-6-4-5-7-19(17)22-20(23)13-15-21-14-12-16-8-10-18(24-2)11-9-16/h4-11,21H,3,12-15H2,1-2H3,(H,22,23). The van der Waals surface area contributed by atoms with E-state index in [9.17, 15) is 4.79 Å². The second kappa shape index (κ2) is 9.73. The maximum atomic E-state index is 12.0. The molecule has 1 amide bonds. The monoisotopic (exact) mass is 326 g/mol. The lowest BCUT2D eigenvalue weighted by Crippen LogP contribution is -2.23. The van der Waals surface area contributed by atoms with Crippen molar-refractivity contribution < 1.29 is 9.53 Å². The molecule has 24 heavy (non-hydrogen) atoms. The van der Waals surface area contributed by atoms with Crippen LogP contribution in [0.15, 0.2) is 48.5 Å². The predicted molar refractivity (Wildman–Crippen MR) is 98.6 cm³/mol. The minimum Gasteiger partial charge on any atom is -0.497 e. The zero-order valence-electron chi connectivity index (χ0n) is 14.5. The van der Waals surface area contributed by atoms with Crippen LogP contribution < -0.4 is 15.4 Å². The molecule has 0 heterocycles. The third-order valence-corrected chi connectivity index (χ3v) is 3.95. The normalized spacial score (nSPS) is 10.4. The van der Waals surface area contributed by atoms with E-state index in [1.165, 1.54) is 11.1 Å². The van der Waals surface area contributed by atoms with E-state index in [0.29, 0.717) is 13.0 Å². The Morgan fingerprint density at radius 2 is 1.79 bits per heavy atom. The minimum atomic E-state index is 0.0489. The Hall–Kier alpha value is -2.33. The third kappa shape index (κ3) is 5.70. The summed E-state index contributed by atoms with van der Waals surface area (Å²) >= 11 is 0. The number of amides is 1. The van der Waals surface area contributed by atoms with Crippen LogP contribution in [-0.2, 0) is 17.6 Å². The molecule has 0 saturated carbocycles. The van der Waals surface area contributed by atoms with Gasteiger partial charge in [-0.3, -0.25) is 4.79 Å². The van der Waals surface area contributed by atoms with Gasteiger partial charge in [-0.2, -0.15) is 0 Å². The Bertz CT molecular complexity index is 638. The van der Waals surface area contributed by atoms with Crippen molar-refractivity contribution in [2.45, 2.75) is 26.2 Å². The highest BCUT2D eigenvalue weighted by molar-refractivity contribution is 5.91. The van der Waals surface area contributed by atoms with Crippen LogP contribution >= 0.6 is 0 Å². The molecule has 0 fully saturated rings. The Balaban J connectivity index is 1.65. The summed E-state index contributed by atoms with van der Waals surface area (Å²) in [5, 5.41) is 6.31. The fraction of sp³-hybridized carbons (Fsp3) is 0.350. The highest BCUT2D eigenvalue weighted by Gasteiger charge is 2.05. The van der Waals surface area contributed by atoms with Gasteiger partial charge in [0.2, 0.25) is 5.91 Å². The van der Waals surface area contributed by atoms with Gasteiger partial charge >= 0.3 is 0 Å². The van der Waals surface area contributed by atoms with Crippen molar-refractivity contribution in [3.63, 3.8) is 0 Å². The maximum Gasteiger partial charge on any atom is 0.225 e. The molecular formula is C20H26N2O2.